The van der Waals surface area contributed by atoms with Crippen LogP contribution in [-0.4, -0.2) is 50.1 Å². The van der Waals surface area contributed by atoms with Crippen LogP contribution in [-0.2, 0) is 6.54 Å². The number of piperidine rings is 1. The lowest BCUT2D eigenvalue weighted by Gasteiger charge is -2.41. The van der Waals surface area contributed by atoms with E-state index in [0.717, 1.165) is 30.9 Å². The van der Waals surface area contributed by atoms with Crippen LogP contribution in [0.3, 0.4) is 0 Å². The summed E-state index contributed by atoms with van der Waals surface area (Å²) in [6, 6.07) is 4.82. The number of nitrogens with zero attached hydrogens (tertiary/aromatic N) is 2. The molecule has 3 nitrogen and oxygen atoms in total. The molecule has 128 valence electrons. The standard InChI is InChI=1S/C19H29FN2O/c1-21-10-3-6-19(7-11-21)8-12-22(13-9-19)15-16-14-17(20)4-5-18(16)23-2/h4-5,14H,3,6-13,15H2,1-2H3. The van der Waals surface area contributed by atoms with Gasteiger partial charge < -0.3 is 9.64 Å². The van der Waals surface area contributed by atoms with Gasteiger partial charge in [0.2, 0.25) is 0 Å². The molecular formula is C19H29FN2O. The minimum Gasteiger partial charge on any atom is -0.496 e. The molecule has 4 heteroatoms. The van der Waals surface area contributed by atoms with Crippen LogP contribution in [0.2, 0.25) is 0 Å². The van der Waals surface area contributed by atoms with Crippen LogP contribution >= 0.6 is 0 Å². The van der Waals surface area contributed by atoms with Gasteiger partial charge in [-0.3, -0.25) is 4.90 Å². The summed E-state index contributed by atoms with van der Waals surface area (Å²) in [7, 11) is 3.90. The number of benzene rings is 1. The van der Waals surface area contributed by atoms with Crippen molar-refractivity contribution in [2.24, 2.45) is 5.41 Å². The van der Waals surface area contributed by atoms with Gasteiger partial charge in [0.1, 0.15) is 11.6 Å². The summed E-state index contributed by atoms with van der Waals surface area (Å²) in [4.78, 5) is 4.93. The molecule has 0 N–H and O–H groups in total. The third kappa shape index (κ3) is 4.04. The zero-order valence-corrected chi connectivity index (χ0v) is 14.5. The molecule has 3 rings (SSSR count). The van der Waals surface area contributed by atoms with Gasteiger partial charge in [-0.15, -0.1) is 0 Å². The maximum Gasteiger partial charge on any atom is 0.123 e. The second-order valence-electron chi connectivity index (χ2n) is 7.39. The smallest absolute Gasteiger partial charge is 0.123 e. The van der Waals surface area contributed by atoms with E-state index in [2.05, 4.69) is 16.8 Å². The summed E-state index contributed by atoms with van der Waals surface area (Å²) >= 11 is 0. The average Bonchev–Trinajstić information content (AvgIpc) is 2.73. The molecule has 0 saturated carbocycles. The largest absolute Gasteiger partial charge is 0.496 e. The van der Waals surface area contributed by atoms with Crippen molar-refractivity contribution < 1.29 is 9.13 Å². The molecule has 0 amide bonds. The quantitative estimate of drug-likeness (QED) is 0.847. The lowest BCUT2D eigenvalue weighted by atomic mass is 9.73. The summed E-state index contributed by atoms with van der Waals surface area (Å²) < 4.78 is 18.9. The van der Waals surface area contributed by atoms with Crippen LogP contribution in [0.5, 0.6) is 5.75 Å². The van der Waals surface area contributed by atoms with E-state index >= 15 is 0 Å². The highest BCUT2D eigenvalue weighted by Gasteiger charge is 2.35. The van der Waals surface area contributed by atoms with Crippen molar-refractivity contribution in [2.45, 2.75) is 38.6 Å². The number of hydrogen-bond acceptors (Lipinski definition) is 3. The van der Waals surface area contributed by atoms with Crippen molar-refractivity contribution in [3.05, 3.63) is 29.6 Å². The van der Waals surface area contributed by atoms with Crippen molar-refractivity contribution in [1.82, 2.24) is 9.80 Å². The number of likely N-dealkylation sites (tertiary alicyclic amines) is 2. The highest BCUT2D eigenvalue weighted by atomic mass is 19.1. The Morgan fingerprint density at radius 3 is 2.57 bits per heavy atom. The van der Waals surface area contributed by atoms with Crippen LogP contribution in [0.15, 0.2) is 18.2 Å². The predicted octanol–water partition coefficient (Wildman–Crippen LogP) is 3.53. The van der Waals surface area contributed by atoms with E-state index in [1.807, 2.05) is 0 Å². The topological polar surface area (TPSA) is 15.7 Å². The third-order valence-corrected chi connectivity index (χ3v) is 5.82. The Balaban J connectivity index is 1.60. The van der Waals surface area contributed by atoms with Crippen molar-refractivity contribution >= 4 is 0 Å². The second-order valence-corrected chi connectivity index (χ2v) is 7.39. The fourth-order valence-corrected chi connectivity index (χ4v) is 4.19. The monoisotopic (exact) mass is 320 g/mol. The number of halogens is 1. The Labute approximate surface area is 139 Å². The molecule has 2 fully saturated rings. The Kier molecular flexibility index (Phi) is 5.22. The van der Waals surface area contributed by atoms with Crippen LogP contribution in [0, 0.1) is 11.2 Å². The predicted molar refractivity (Wildman–Crippen MR) is 91.2 cm³/mol. The van der Waals surface area contributed by atoms with E-state index in [4.69, 9.17) is 4.74 Å². The van der Waals surface area contributed by atoms with Gasteiger partial charge in [0.25, 0.3) is 0 Å². The van der Waals surface area contributed by atoms with Crippen LogP contribution in [0.25, 0.3) is 0 Å². The molecule has 2 aliphatic heterocycles. The van der Waals surface area contributed by atoms with Crippen LogP contribution in [0.1, 0.15) is 37.7 Å². The van der Waals surface area contributed by atoms with Crippen LogP contribution in [0.4, 0.5) is 4.39 Å². The highest BCUT2D eigenvalue weighted by molar-refractivity contribution is 5.33. The average molecular weight is 320 g/mol. The SMILES string of the molecule is COc1ccc(F)cc1CN1CCC2(CCCN(C)CC2)CC1. The van der Waals surface area contributed by atoms with Crippen molar-refractivity contribution in [3.8, 4) is 5.75 Å². The number of methoxy groups -OCH3 is 1. The Morgan fingerprint density at radius 2 is 1.83 bits per heavy atom. The number of hydrogen-bond donors (Lipinski definition) is 0. The normalized spacial score (nSPS) is 22.9. The van der Waals surface area contributed by atoms with E-state index in [9.17, 15) is 4.39 Å². The Bertz CT molecular complexity index is 526. The summed E-state index contributed by atoms with van der Waals surface area (Å²) in [5.41, 5.74) is 1.51. The molecule has 0 atom stereocenters. The van der Waals surface area contributed by atoms with Gasteiger partial charge in [0, 0.05) is 12.1 Å². The van der Waals surface area contributed by atoms with E-state index < -0.39 is 0 Å². The molecule has 0 aromatic heterocycles. The minimum atomic E-state index is -0.180. The first-order chi connectivity index (χ1) is 11.1. The van der Waals surface area contributed by atoms with E-state index in [0.29, 0.717) is 5.41 Å². The summed E-state index contributed by atoms with van der Waals surface area (Å²) in [6.45, 7) is 5.49. The second kappa shape index (κ2) is 7.18. The third-order valence-electron chi connectivity index (χ3n) is 5.82. The van der Waals surface area contributed by atoms with Gasteiger partial charge in [0.05, 0.1) is 7.11 Å². The summed E-state index contributed by atoms with van der Waals surface area (Å²) in [5.74, 6) is 0.615. The maximum absolute atomic E-state index is 13.5. The molecule has 23 heavy (non-hydrogen) atoms. The lowest BCUT2D eigenvalue weighted by molar-refractivity contribution is 0.0843. The van der Waals surface area contributed by atoms with Gasteiger partial charge >= 0.3 is 0 Å². The molecule has 0 unspecified atom stereocenters. The molecule has 2 saturated heterocycles. The number of ether oxygens (including phenoxy) is 1. The maximum atomic E-state index is 13.5. The first-order valence-corrected chi connectivity index (χ1v) is 8.84. The number of rotatable bonds is 3. The Hall–Kier alpha value is -1.13. The first-order valence-electron chi connectivity index (χ1n) is 8.84. The molecule has 1 spiro atoms. The summed E-state index contributed by atoms with van der Waals surface area (Å²) in [5, 5.41) is 0. The summed E-state index contributed by atoms with van der Waals surface area (Å²) in [6.07, 6.45) is 6.58. The van der Waals surface area contributed by atoms with E-state index in [1.54, 1.807) is 19.2 Å². The fraction of sp³-hybridized carbons (Fsp3) is 0.684. The van der Waals surface area contributed by atoms with Gasteiger partial charge in [-0.25, -0.2) is 4.39 Å². The molecule has 1 aromatic carbocycles. The lowest BCUT2D eigenvalue weighted by Crippen LogP contribution is -2.40. The Morgan fingerprint density at radius 1 is 1.09 bits per heavy atom. The molecule has 0 aliphatic carbocycles. The molecule has 2 aliphatic rings. The van der Waals surface area contributed by atoms with Crippen molar-refractivity contribution in [1.29, 1.82) is 0 Å². The first kappa shape index (κ1) is 16.7. The fourth-order valence-electron chi connectivity index (χ4n) is 4.19. The molecule has 0 radical (unpaired) electrons. The van der Waals surface area contributed by atoms with E-state index in [1.165, 1.54) is 51.3 Å². The molecule has 1 aromatic rings. The van der Waals surface area contributed by atoms with Gasteiger partial charge in [-0.05, 0) is 88.9 Å². The van der Waals surface area contributed by atoms with Gasteiger partial charge in [-0.2, -0.15) is 0 Å². The van der Waals surface area contributed by atoms with Crippen molar-refractivity contribution in [3.63, 3.8) is 0 Å². The molecular weight excluding hydrogens is 291 g/mol. The molecule has 0 bridgehead atoms. The minimum absolute atomic E-state index is 0.180. The van der Waals surface area contributed by atoms with E-state index in [-0.39, 0.29) is 5.82 Å². The zero-order chi connectivity index (χ0) is 16.3. The zero-order valence-electron chi connectivity index (χ0n) is 14.5. The van der Waals surface area contributed by atoms with Crippen LogP contribution < -0.4 is 4.74 Å². The highest BCUT2D eigenvalue weighted by Crippen LogP contribution is 2.41. The van der Waals surface area contributed by atoms with Gasteiger partial charge in [-0.1, -0.05) is 0 Å². The van der Waals surface area contributed by atoms with Gasteiger partial charge in [0.15, 0.2) is 0 Å². The van der Waals surface area contributed by atoms with Crippen molar-refractivity contribution in [2.75, 3.05) is 40.3 Å². The molecule has 2 heterocycles.